The third kappa shape index (κ3) is 3.75. The predicted molar refractivity (Wildman–Crippen MR) is 140 cm³/mol. The smallest absolute Gasteiger partial charge is 0.332 e. The topological polar surface area (TPSA) is 78.7 Å². The first-order valence-electron chi connectivity index (χ1n) is 12.5. The minimum Gasteiger partial charge on any atom is -0.379 e. The monoisotopic (exact) mass is 486 g/mol. The second-order valence-corrected chi connectivity index (χ2v) is 9.55. The van der Waals surface area contributed by atoms with E-state index in [1.807, 2.05) is 60.0 Å². The Balaban J connectivity index is 1.40. The van der Waals surface area contributed by atoms with Gasteiger partial charge in [0.05, 0.1) is 19.8 Å². The average Bonchev–Trinajstić information content (AvgIpc) is 3.41. The lowest BCUT2D eigenvalue weighted by atomic mass is 10.0. The fourth-order valence-corrected chi connectivity index (χ4v) is 5.35. The van der Waals surface area contributed by atoms with Crippen LogP contribution >= 0.6 is 0 Å². The molecule has 4 heterocycles. The SMILES string of the molecule is Cc1cn2c3c(=O)n(Cc4cccc5ccccc45)c(=O)n(C)c3nc2n1CCCN1CCOCC1. The van der Waals surface area contributed by atoms with Crippen LogP contribution in [0.3, 0.4) is 0 Å². The maximum Gasteiger partial charge on any atom is 0.332 e. The Hall–Kier alpha value is -3.69. The van der Waals surface area contributed by atoms with E-state index in [9.17, 15) is 9.59 Å². The van der Waals surface area contributed by atoms with Gasteiger partial charge in [-0.05, 0) is 29.7 Å². The van der Waals surface area contributed by atoms with Gasteiger partial charge in [-0.1, -0.05) is 42.5 Å². The molecule has 9 nitrogen and oxygen atoms in total. The van der Waals surface area contributed by atoms with Crippen LogP contribution in [0.4, 0.5) is 0 Å². The molecule has 0 amide bonds. The zero-order chi connectivity index (χ0) is 24.8. The van der Waals surface area contributed by atoms with E-state index in [0.29, 0.717) is 16.9 Å². The van der Waals surface area contributed by atoms with Crippen molar-refractivity contribution in [1.82, 2.24) is 28.0 Å². The maximum atomic E-state index is 13.7. The molecule has 3 aromatic heterocycles. The lowest BCUT2D eigenvalue weighted by molar-refractivity contribution is 0.0369. The van der Waals surface area contributed by atoms with Gasteiger partial charge in [0.15, 0.2) is 11.2 Å². The van der Waals surface area contributed by atoms with Gasteiger partial charge in [0.2, 0.25) is 5.78 Å². The van der Waals surface area contributed by atoms with Gasteiger partial charge in [-0.15, -0.1) is 0 Å². The summed E-state index contributed by atoms with van der Waals surface area (Å²) < 4.78 is 12.2. The molecule has 1 aliphatic heterocycles. The molecule has 1 fully saturated rings. The minimum atomic E-state index is -0.364. The molecule has 0 radical (unpaired) electrons. The van der Waals surface area contributed by atoms with Crippen LogP contribution < -0.4 is 11.2 Å². The number of hydrogen-bond acceptors (Lipinski definition) is 5. The lowest BCUT2D eigenvalue weighted by Gasteiger charge is -2.26. The van der Waals surface area contributed by atoms with Gasteiger partial charge in [-0.2, -0.15) is 4.98 Å². The van der Waals surface area contributed by atoms with E-state index in [0.717, 1.165) is 67.8 Å². The number of aromatic nitrogens is 5. The summed E-state index contributed by atoms with van der Waals surface area (Å²) >= 11 is 0. The van der Waals surface area contributed by atoms with Crippen molar-refractivity contribution in [3.8, 4) is 0 Å². The third-order valence-corrected chi connectivity index (χ3v) is 7.31. The second kappa shape index (κ2) is 9.07. The summed E-state index contributed by atoms with van der Waals surface area (Å²) in [5, 5.41) is 2.12. The largest absolute Gasteiger partial charge is 0.379 e. The van der Waals surface area contributed by atoms with Crippen molar-refractivity contribution in [1.29, 1.82) is 0 Å². The Morgan fingerprint density at radius 1 is 0.972 bits per heavy atom. The van der Waals surface area contributed by atoms with Crippen molar-refractivity contribution in [2.24, 2.45) is 7.05 Å². The van der Waals surface area contributed by atoms with Crippen LogP contribution in [-0.2, 0) is 24.9 Å². The van der Waals surface area contributed by atoms with Gasteiger partial charge in [0.1, 0.15) is 0 Å². The Bertz CT molecular complexity index is 1700. The minimum absolute atomic E-state index is 0.204. The molecule has 1 aliphatic rings. The molecular weight excluding hydrogens is 456 g/mol. The van der Waals surface area contributed by atoms with Crippen molar-refractivity contribution in [2.75, 3.05) is 32.8 Å². The number of nitrogens with zero attached hydrogens (tertiary/aromatic N) is 6. The number of fused-ring (bicyclic) bond motifs is 4. The van der Waals surface area contributed by atoms with Gasteiger partial charge in [0, 0.05) is 45.1 Å². The molecule has 5 aromatic rings. The first kappa shape index (κ1) is 22.8. The van der Waals surface area contributed by atoms with Crippen molar-refractivity contribution in [3.63, 3.8) is 0 Å². The molecular formula is C27H30N6O3. The quantitative estimate of drug-likeness (QED) is 0.368. The molecule has 0 spiro atoms. The molecule has 0 N–H and O–H groups in total. The fraction of sp³-hybridized carbons (Fsp3) is 0.370. The number of rotatable bonds is 6. The summed E-state index contributed by atoms with van der Waals surface area (Å²) in [5.41, 5.74) is 2.13. The number of aryl methyl sites for hydroxylation is 3. The summed E-state index contributed by atoms with van der Waals surface area (Å²) in [6.07, 6.45) is 2.92. The fourth-order valence-electron chi connectivity index (χ4n) is 5.35. The third-order valence-electron chi connectivity index (χ3n) is 7.31. The van der Waals surface area contributed by atoms with Crippen molar-refractivity contribution in [3.05, 3.63) is 80.8 Å². The van der Waals surface area contributed by atoms with Crippen LogP contribution in [0, 0.1) is 6.92 Å². The van der Waals surface area contributed by atoms with Crippen molar-refractivity contribution >= 4 is 27.7 Å². The number of ether oxygens (including phenoxy) is 1. The Kier molecular flexibility index (Phi) is 5.73. The lowest BCUT2D eigenvalue weighted by Crippen LogP contribution is -2.39. The molecule has 9 heteroatoms. The van der Waals surface area contributed by atoms with Crippen LogP contribution in [0.15, 0.2) is 58.3 Å². The van der Waals surface area contributed by atoms with E-state index in [2.05, 4.69) is 9.47 Å². The summed E-state index contributed by atoms with van der Waals surface area (Å²) in [7, 11) is 1.69. The highest BCUT2D eigenvalue weighted by molar-refractivity contribution is 5.85. The summed E-state index contributed by atoms with van der Waals surface area (Å²) in [6, 6.07) is 14.0. The molecule has 186 valence electrons. The first-order valence-corrected chi connectivity index (χ1v) is 12.5. The summed E-state index contributed by atoms with van der Waals surface area (Å²) in [6.45, 7) is 7.53. The van der Waals surface area contributed by atoms with E-state index in [1.54, 1.807) is 7.05 Å². The summed E-state index contributed by atoms with van der Waals surface area (Å²) in [5.74, 6) is 0.694. The number of morpholine rings is 1. The van der Waals surface area contributed by atoms with Crippen LogP contribution in [0.1, 0.15) is 17.7 Å². The van der Waals surface area contributed by atoms with Crippen LogP contribution in [0.25, 0.3) is 27.7 Å². The molecule has 36 heavy (non-hydrogen) atoms. The molecule has 0 saturated carbocycles. The standard InChI is InChI=1S/C27H30N6O3/c1-19-17-32-23-24(28-26(32)31(19)12-6-11-30-13-15-36-16-14-30)29(2)27(35)33(25(23)34)18-21-9-5-8-20-7-3-4-10-22(20)21/h3-5,7-10,17H,6,11-16,18H2,1-2H3. The second-order valence-electron chi connectivity index (χ2n) is 9.55. The highest BCUT2D eigenvalue weighted by atomic mass is 16.5. The van der Waals surface area contributed by atoms with Gasteiger partial charge in [-0.25, -0.2) is 4.79 Å². The molecule has 0 aliphatic carbocycles. The maximum absolute atomic E-state index is 13.7. The van der Waals surface area contributed by atoms with Gasteiger partial charge in [-0.3, -0.25) is 23.2 Å². The van der Waals surface area contributed by atoms with Crippen LogP contribution in [-0.4, -0.2) is 60.8 Å². The molecule has 6 rings (SSSR count). The Morgan fingerprint density at radius 3 is 2.58 bits per heavy atom. The zero-order valence-electron chi connectivity index (χ0n) is 20.7. The zero-order valence-corrected chi connectivity index (χ0v) is 20.7. The Morgan fingerprint density at radius 2 is 1.75 bits per heavy atom. The first-order chi connectivity index (χ1) is 17.5. The van der Waals surface area contributed by atoms with E-state index >= 15 is 0 Å². The van der Waals surface area contributed by atoms with Crippen molar-refractivity contribution in [2.45, 2.75) is 26.4 Å². The van der Waals surface area contributed by atoms with Crippen LogP contribution in [0.2, 0.25) is 0 Å². The highest BCUT2D eigenvalue weighted by Gasteiger charge is 2.21. The number of benzene rings is 2. The highest BCUT2D eigenvalue weighted by Crippen LogP contribution is 2.20. The number of hydrogen-bond donors (Lipinski definition) is 0. The normalized spacial score (nSPS) is 14.9. The van der Waals surface area contributed by atoms with E-state index < -0.39 is 0 Å². The summed E-state index contributed by atoms with van der Waals surface area (Å²) in [4.78, 5) is 34.2. The molecule has 1 saturated heterocycles. The molecule has 0 unspecified atom stereocenters. The van der Waals surface area contributed by atoms with E-state index in [-0.39, 0.29) is 17.8 Å². The van der Waals surface area contributed by atoms with E-state index in [1.165, 1.54) is 9.13 Å². The average molecular weight is 487 g/mol. The molecule has 0 atom stereocenters. The predicted octanol–water partition coefficient (Wildman–Crippen LogP) is 2.38. The van der Waals surface area contributed by atoms with Crippen LogP contribution in [0.5, 0.6) is 0 Å². The Labute approximate surface area is 207 Å². The number of imidazole rings is 2. The van der Waals surface area contributed by atoms with Crippen molar-refractivity contribution < 1.29 is 4.74 Å². The van der Waals surface area contributed by atoms with E-state index in [4.69, 9.17) is 9.72 Å². The molecule has 2 aromatic carbocycles. The van der Waals surface area contributed by atoms with Gasteiger partial charge in [0.25, 0.3) is 5.56 Å². The van der Waals surface area contributed by atoms with Gasteiger partial charge < -0.3 is 9.30 Å². The van der Waals surface area contributed by atoms with Gasteiger partial charge >= 0.3 is 5.69 Å². The molecule has 0 bridgehead atoms.